The zero-order valence-corrected chi connectivity index (χ0v) is 20.9. The van der Waals surface area contributed by atoms with Crippen LogP contribution in [0, 0.1) is 18.3 Å². The molecule has 0 aliphatic heterocycles. The maximum atomic E-state index is 12.7. The van der Waals surface area contributed by atoms with Crippen molar-refractivity contribution in [1.82, 2.24) is 0 Å². The van der Waals surface area contributed by atoms with Crippen LogP contribution in [0.25, 0.3) is 6.08 Å². The molecule has 3 aromatic carbocycles. The molecule has 0 saturated carbocycles. The van der Waals surface area contributed by atoms with E-state index >= 15 is 0 Å². The lowest BCUT2D eigenvalue weighted by atomic mass is 10.1. The average molecular weight is 546 g/mol. The number of carbonyl (C=O) groups excluding carboxylic acids is 1. The van der Waals surface area contributed by atoms with E-state index < -0.39 is 5.91 Å². The number of nitrogens with one attached hydrogen (secondary N) is 1. The highest BCUT2D eigenvalue weighted by Gasteiger charge is 2.15. The summed E-state index contributed by atoms with van der Waals surface area (Å²) in [6.07, 6.45) is 1.48. The zero-order chi connectivity index (χ0) is 24.0. The molecule has 0 spiro atoms. The van der Waals surface area contributed by atoms with Crippen LogP contribution in [0.5, 0.6) is 11.5 Å². The van der Waals surface area contributed by atoms with E-state index in [0.29, 0.717) is 43.9 Å². The van der Waals surface area contributed by atoms with Crippen LogP contribution in [0.3, 0.4) is 0 Å². The summed E-state index contributed by atoms with van der Waals surface area (Å²) in [5.74, 6) is 0.424. The Morgan fingerprint density at radius 1 is 1.15 bits per heavy atom. The Hall–Kier alpha value is -2.98. The van der Waals surface area contributed by atoms with E-state index in [-0.39, 0.29) is 5.57 Å². The first kappa shape index (κ1) is 24.7. The number of halogens is 3. The third-order valence-electron chi connectivity index (χ3n) is 4.77. The van der Waals surface area contributed by atoms with Crippen LogP contribution in [0.2, 0.25) is 10.0 Å². The van der Waals surface area contributed by atoms with E-state index in [2.05, 4.69) is 21.2 Å². The Labute approximate surface area is 210 Å². The summed E-state index contributed by atoms with van der Waals surface area (Å²) in [7, 11) is 1.52. The maximum absolute atomic E-state index is 12.7. The lowest BCUT2D eigenvalue weighted by molar-refractivity contribution is -0.112. The molecule has 3 aromatic rings. The second kappa shape index (κ2) is 11.2. The molecule has 0 saturated heterocycles. The van der Waals surface area contributed by atoms with Crippen molar-refractivity contribution in [3.05, 3.63) is 91.4 Å². The fraction of sp³-hybridized carbons (Fsp3) is 0.120. The summed E-state index contributed by atoms with van der Waals surface area (Å²) in [5.41, 5.74) is 2.71. The van der Waals surface area contributed by atoms with E-state index in [4.69, 9.17) is 32.7 Å². The predicted octanol–water partition coefficient (Wildman–Crippen LogP) is 7.20. The number of anilines is 1. The number of ether oxygens (including phenoxy) is 2. The normalized spacial score (nSPS) is 11.0. The van der Waals surface area contributed by atoms with Gasteiger partial charge in [0.05, 0.1) is 7.11 Å². The Balaban J connectivity index is 1.83. The minimum absolute atomic E-state index is 0.0769. The molecule has 5 nitrogen and oxygen atoms in total. The van der Waals surface area contributed by atoms with Gasteiger partial charge in [-0.25, -0.2) is 0 Å². The summed E-state index contributed by atoms with van der Waals surface area (Å²) in [6.45, 7) is 2.11. The fourth-order valence-electron chi connectivity index (χ4n) is 2.91. The lowest BCUT2D eigenvalue weighted by Gasteiger charge is -2.13. The largest absolute Gasteiger partial charge is 0.493 e. The number of hydrogen-bond acceptors (Lipinski definition) is 4. The first-order valence-electron chi connectivity index (χ1n) is 9.75. The third-order valence-corrected chi connectivity index (χ3v) is 6.12. The Morgan fingerprint density at radius 2 is 1.88 bits per heavy atom. The van der Waals surface area contributed by atoms with Crippen molar-refractivity contribution in [2.24, 2.45) is 0 Å². The number of methoxy groups -OCH3 is 1. The molecule has 0 radical (unpaired) electrons. The van der Waals surface area contributed by atoms with Gasteiger partial charge in [0.15, 0.2) is 11.5 Å². The van der Waals surface area contributed by atoms with E-state index in [0.717, 1.165) is 11.1 Å². The number of nitrogens with zero attached hydrogens (tertiary/aromatic N) is 1. The van der Waals surface area contributed by atoms with Gasteiger partial charge >= 0.3 is 0 Å². The molecule has 33 heavy (non-hydrogen) atoms. The summed E-state index contributed by atoms with van der Waals surface area (Å²) in [6, 6.07) is 17.9. The number of nitriles is 1. The van der Waals surface area contributed by atoms with Gasteiger partial charge in [-0.05, 0) is 66.1 Å². The maximum Gasteiger partial charge on any atom is 0.266 e. The fourth-order valence-corrected chi connectivity index (χ4v) is 3.65. The van der Waals surface area contributed by atoms with Gasteiger partial charge in [-0.1, -0.05) is 57.3 Å². The minimum Gasteiger partial charge on any atom is -0.493 e. The monoisotopic (exact) mass is 544 g/mol. The van der Waals surface area contributed by atoms with Gasteiger partial charge in [-0.2, -0.15) is 5.26 Å². The predicted molar refractivity (Wildman–Crippen MR) is 135 cm³/mol. The van der Waals surface area contributed by atoms with Gasteiger partial charge < -0.3 is 14.8 Å². The molecule has 0 aliphatic carbocycles. The SMILES string of the molecule is COc1cc(/C=C(\C#N)C(=O)Nc2cccc(Cl)c2C)c(Br)cc1OCc1ccc(Cl)cc1. The first-order valence-corrected chi connectivity index (χ1v) is 11.3. The Morgan fingerprint density at radius 3 is 2.55 bits per heavy atom. The highest BCUT2D eigenvalue weighted by atomic mass is 79.9. The smallest absolute Gasteiger partial charge is 0.266 e. The average Bonchev–Trinajstić information content (AvgIpc) is 2.81. The number of rotatable bonds is 7. The molecular formula is C25H19BrCl2N2O3. The van der Waals surface area contributed by atoms with Crippen LogP contribution < -0.4 is 14.8 Å². The van der Waals surface area contributed by atoms with Crippen molar-refractivity contribution in [3.8, 4) is 17.6 Å². The summed E-state index contributed by atoms with van der Waals surface area (Å²) in [4.78, 5) is 12.7. The highest BCUT2D eigenvalue weighted by molar-refractivity contribution is 9.10. The summed E-state index contributed by atoms with van der Waals surface area (Å²) in [5, 5.41) is 13.5. The van der Waals surface area contributed by atoms with Gasteiger partial charge in [0.2, 0.25) is 0 Å². The van der Waals surface area contributed by atoms with Crippen molar-refractivity contribution >= 4 is 56.8 Å². The van der Waals surface area contributed by atoms with Gasteiger partial charge in [0.25, 0.3) is 5.91 Å². The molecule has 0 heterocycles. The summed E-state index contributed by atoms with van der Waals surface area (Å²) < 4.78 is 12.0. The van der Waals surface area contributed by atoms with Crippen LogP contribution >= 0.6 is 39.1 Å². The van der Waals surface area contributed by atoms with Crippen LogP contribution in [0.1, 0.15) is 16.7 Å². The van der Waals surface area contributed by atoms with Crippen LogP contribution in [0.4, 0.5) is 5.69 Å². The molecular weight excluding hydrogens is 527 g/mol. The van der Waals surface area contributed by atoms with E-state index in [1.54, 1.807) is 49.4 Å². The number of amides is 1. The van der Waals surface area contributed by atoms with Crippen LogP contribution in [0.15, 0.2) is 64.6 Å². The van der Waals surface area contributed by atoms with Crippen molar-refractivity contribution in [2.75, 3.05) is 12.4 Å². The molecule has 0 unspecified atom stereocenters. The molecule has 8 heteroatoms. The standard InChI is InChI=1S/C25H19BrCl2N2O3/c1-15-21(28)4-3-5-22(15)30-25(31)18(13-29)10-17-11-23(32-2)24(12-20(17)26)33-14-16-6-8-19(27)9-7-16/h3-12H,14H2,1-2H3,(H,30,31)/b18-10+. The molecule has 0 bridgehead atoms. The van der Waals surface area contributed by atoms with Gasteiger partial charge in [0.1, 0.15) is 18.2 Å². The minimum atomic E-state index is -0.545. The topological polar surface area (TPSA) is 71.3 Å². The summed E-state index contributed by atoms with van der Waals surface area (Å²) >= 11 is 15.5. The van der Waals surface area contributed by atoms with Crippen LogP contribution in [-0.2, 0) is 11.4 Å². The molecule has 1 amide bonds. The molecule has 168 valence electrons. The van der Waals surface area contributed by atoms with Gasteiger partial charge in [-0.15, -0.1) is 0 Å². The molecule has 0 aliphatic rings. The molecule has 0 atom stereocenters. The molecule has 1 N–H and O–H groups in total. The number of hydrogen-bond donors (Lipinski definition) is 1. The van der Waals surface area contributed by atoms with E-state index in [9.17, 15) is 10.1 Å². The lowest BCUT2D eigenvalue weighted by Crippen LogP contribution is -2.14. The van der Waals surface area contributed by atoms with Crippen molar-refractivity contribution in [2.45, 2.75) is 13.5 Å². The number of carbonyl (C=O) groups is 1. The third kappa shape index (κ3) is 6.29. The van der Waals surface area contributed by atoms with E-state index in [1.807, 2.05) is 18.2 Å². The Kier molecular flexibility index (Phi) is 8.40. The van der Waals surface area contributed by atoms with Gasteiger partial charge in [0, 0.05) is 20.2 Å². The van der Waals surface area contributed by atoms with Crippen molar-refractivity contribution in [1.29, 1.82) is 5.26 Å². The molecule has 0 fully saturated rings. The number of benzene rings is 3. The quantitative estimate of drug-likeness (QED) is 0.252. The van der Waals surface area contributed by atoms with Crippen LogP contribution in [-0.4, -0.2) is 13.0 Å². The Bertz CT molecular complexity index is 1250. The van der Waals surface area contributed by atoms with Crippen molar-refractivity contribution < 1.29 is 14.3 Å². The van der Waals surface area contributed by atoms with Crippen molar-refractivity contribution in [3.63, 3.8) is 0 Å². The second-order valence-corrected chi connectivity index (χ2v) is 8.67. The second-order valence-electron chi connectivity index (χ2n) is 6.98. The molecule has 0 aromatic heterocycles. The first-order chi connectivity index (χ1) is 15.8. The molecule has 3 rings (SSSR count). The van der Waals surface area contributed by atoms with E-state index in [1.165, 1.54) is 13.2 Å². The highest BCUT2D eigenvalue weighted by Crippen LogP contribution is 2.35. The van der Waals surface area contributed by atoms with Gasteiger partial charge in [-0.3, -0.25) is 4.79 Å². The zero-order valence-electron chi connectivity index (χ0n) is 17.8.